The van der Waals surface area contributed by atoms with Crippen molar-refractivity contribution in [2.24, 2.45) is 0 Å². The molecule has 2 aromatic heterocycles. The summed E-state index contributed by atoms with van der Waals surface area (Å²) >= 11 is 6.10. The number of rotatable bonds is 8. The van der Waals surface area contributed by atoms with Crippen molar-refractivity contribution < 1.29 is 19.1 Å². The fourth-order valence-electron chi connectivity index (χ4n) is 2.84. The largest absolute Gasteiger partial charge is 0.476 e. The molecule has 0 aliphatic rings. The van der Waals surface area contributed by atoms with E-state index in [0.29, 0.717) is 24.1 Å². The number of benzene rings is 1. The molecule has 0 amide bonds. The third kappa shape index (κ3) is 3.93. The number of carbonyl (C=O) groups is 2. The maximum absolute atomic E-state index is 11.4. The van der Waals surface area contributed by atoms with Crippen LogP contribution < -0.4 is 0 Å². The second-order valence-electron chi connectivity index (χ2n) is 6.04. The highest BCUT2D eigenvalue weighted by atomic mass is 35.5. The Labute approximate surface area is 160 Å². The van der Waals surface area contributed by atoms with Gasteiger partial charge in [0.1, 0.15) is 11.5 Å². The zero-order valence-corrected chi connectivity index (χ0v) is 15.4. The molecule has 0 unspecified atom stereocenters. The van der Waals surface area contributed by atoms with Gasteiger partial charge in [-0.2, -0.15) is 0 Å². The van der Waals surface area contributed by atoms with Crippen LogP contribution in [0.5, 0.6) is 0 Å². The molecular formula is C19H18ClN3O4. The van der Waals surface area contributed by atoms with Gasteiger partial charge in [-0.3, -0.25) is 4.79 Å². The number of oxazole rings is 1. The number of hydrogen-bond donors (Lipinski definition) is 1. The Morgan fingerprint density at radius 1 is 1.33 bits per heavy atom. The van der Waals surface area contributed by atoms with Crippen LogP contribution in [0.1, 0.15) is 52.1 Å². The second-order valence-corrected chi connectivity index (χ2v) is 6.40. The molecule has 1 aromatic carbocycles. The first kappa shape index (κ1) is 18.8. The van der Waals surface area contributed by atoms with Crippen molar-refractivity contribution in [2.75, 3.05) is 0 Å². The number of nitrogens with zero attached hydrogens (tertiary/aromatic N) is 3. The quantitative estimate of drug-likeness (QED) is 0.584. The van der Waals surface area contributed by atoms with Crippen molar-refractivity contribution in [3.05, 3.63) is 58.6 Å². The third-order valence-corrected chi connectivity index (χ3v) is 4.51. The molecule has 8 heteroatoms. The number of unbranched alkanes of at least 4 members (excludes halogenated alkanes) is 1. The number of halogens is 1. The summed E-state index contributed by atoms with van der Waals surface area (Å²) in [6.45, 7) is 2.53. The van der Waals surface area contributed by atoms with Crippen LogP contribution in [0.2, 0.25) is 5.15 Å². The highest BCUT2D eigenvalue weighted by Gasteiger charge is 2.18. The number of aromatic carboxylic acids is 1. The van der Waals surface area contributed by atoms with E-state index in [-0.39, 0.29) is 16.6 Å². The monoisotopic (exact) mass is 387 g/mol. The molecule has 0 spiro atoms. The van der Waals surface area contributed by atoms with Crippen molar-refractivity contribution in [3.8, 4) is 11.3 Å². The number of aryl methyl sites for hydroxylation is 1. The first-order valence-corrected chi connectivity index (χ1v) is 8.89. The van der Waals surface area contributed by atoms with Gasteiger partial charge in [0, 0.05) is 18.5 Å². The summed E-state index contributed by atoms with van der Waals surface area (Å²) in [5.74, 6) is -0.166. The molecule has 0 atom stereocenters. The Balaban J connectivity index is 1.88. The van der Waals surface area contributed by atoms with Crippen LogP contribution in [0.3, 0.4) is 0 Å². The Morgan fingerprint density at radius 2 is 2.07 bits per heavy atom. The van der Waals surface area contributed by atoms with Gasteiger partial charge in [-0.05, 0) is 12.0 Å². The molecule has 0 bridgehead atoms. The van der Waals surface area contributed by atoms with Gasteiger partial charge in [0.2, 0.25) is 0 Å². The lowest BCUT2D eigenvalue weighted by Gasteiger charge is -2.10. The summed E-state index contributed by atoms with van der Waals surface area (Å²) in [6.07, 6.45) is 4.53. The zero-order chi connectivity index (χ0) is 19.4. The Bertz CT molecular complexity index is 960. The van der Waals surface area contributed by atoms with Gasteiger partial charge in [-0.1, -0.05) is 49.2 Å². The van der Waals surface area contributed by atoms with Crippen molar-refractivity contribution in [1.29, 1.82) is 0 Å². The van der Waals surface area contributed by atoms with E-state index in [1.54, 1.807) is 12.1 Å². The Morgan fingerprint density at radius 3 is 2.70 bits per heavy atom. The molecule has 3 aromatic rings. The lowest BCUT2D eigenvalue weighted by molar-refractivity contribution is 0.0691. The second kappa shape index (κ2) is 8.18. The zero-order valence-electron chi connectivity index (χ0n) is 14.7. The summed E-state index contributed by atoms with van der Waals surface area (Å²) in [7, 11) is 0. The van der Waals surface area contributed by atoms with Gasteiger partial charge in [0.15, 0.2) is 29.3 Å². The van der Waals surface area contributed by atoms with E-state index in [0.717, 1.165) is 37.0 Å². The van der Waals surface area contributed by atoms with Gasteiger partial charge in [-0.15, -0.1) is 0 Å². The lowest BCUT2D eigenvalue weighted by atomic mass is 10.1. The van der Waals surface area contributed by atoms with E-state index >= 15 is 0 Å². The van der Waals surface area contributed by atoms with E-state index in [2.05, 4.69) is 16.9 Å². The van der Waals surface area contributed by atoms with Gasteiger partial charge in [0.05, 0.1) is 0 Å². The molecule has 3 rings (SSSR count). The van der Waals surface area contributed by atoms with Gasteiger partial charge in [0.25, 0.3) is 0 Å². The van der Waals surface area contributed by atoms with Crippen LogP contribution >= 0.6 is 11.6 Å². The molecule has 1 N–H and O–H groups in total. The van der Waals surface area contributed by atoms with Crippen molar-refractivity contribution in [3.63, 3.8) is 0 Å². The first-order chi connectivity index (χ1) is 13.0. The number of hydrogen-bond acceptors (Lipinski definition) is 5. The predicted octanol–water partition coefficient (Wildman–Crippen LogP) is 4.09. The van der Waals surface area contributed by atoms with Crippen LogP contribution in [0.4, 0.5) is 0 Å². The highest BCUT2D eigenvalue weighted by molar-refractivity contribution is 6.31. The van der Waals surface area contributed by atoms with Crippen LogP contribution in [0.15, 0.2) is 35.1 Å². The third-order valence-electron chi connectivity index (χ3n) is 4.23. The molecule has 0 radical (unpaired) electrons. The van der Waals surface area contributed by atoms with E-state index in [1.165, 1.54) is 0 Å². The minimum absolute atomic E-state index is 0.130. The van der Waals surface area contributed by atoms with Gasteiger partial charge in [-0.25, -0.2) is 14.8 Å². The molecule has 0 saturated carbocycles. The minimum Gasteiger partial charge on any atom is -0.476 e. The summed E-state index contributed by atoms with van der Waals surface area (Å²) < 4.78 is 7.02. The lowest BCUT2D eigenvalue weighted by Crippen LogP contribution is -2.08. The number of aromatic nitrogens is 3. The number of carboxylic acids is 1. The Hall–Kier alpha value is -2.93. The van der Waals surface area contributed by atoms with E-state index < -0.39 is 5.97 Å². The molecule has 0 fully saturated rings. The molecule has 7 nitrogen and oxygen atoms in total. The minimum atomic E-state index is -1.15. The topological polar surface area (TPSA) is 98.2 Å². The normalized spacial score (nSPS) is 10.9. The number of carbonyl (C=O) groups excluding carboxylic acids is 1. The highest BCUT2D eigenvalue weighted by Crippen LogP contribution is 2.25. The molecular weight excluding hydrogens is 370 g/mol. The maximum Gasteiger partial charge on any atom is 0.358 e. The SMILES string of the molecule is CCCCc1nc(Cl)c(C=O)n1Cc1ccc(-c2ocnc2C(=O)O)cc1. The van der Waals surface area contributed by atoms with E-state index in [9.17, 15) is 9.59 Å². The summed E-state index contributed by atoms with van der Waals surface area (Å²) in [5.41, 5.74) is 1.76. The van der Waals surface area contributed by atoms with Crippen LogP contribution in [-0.4, -0.2) is 31.9 Å². The average molecular weight is 388 g/mol. The Kier molecular flexibility index (Phi) is 5.71. The van der Waals surface area contributed by atoms with Gasteiger partial charge >= 0.3 is 5.97 Å². The number of imidazole rings is 1. The smallest absolute Gasteiger partial charge is 0.358 e. The summed E-state index contributed by atoms with van der Waals surface area (Å²) in [5, 5.41) is 9.36. The molecule has 2 heterocycles. The fourth-order valence-corrected chi connectivity index (χ4v) is 3.09. The van der Waals surface area contributed by atoms with Crippen molar-refractivity contribution >= 4 is 23.9 Å². The maximum atomic E-state index is 11.4. The fraction of sp³-hybridized carbons (Fsp3) is 0.263. The summed E-state index contributed by atoms with van der Waals surface area (Å²) in [4.78, 5) is 30.6. The average Bonchev–Trinajstić information content (AvgIpc) is 3.25. The summed E-state index contributed by atoms with van der Waals surface area (Å²) in [6, 6.07) is 7.20. The van der Waals surface area contributed by atoms with Crippen molar-refractivity contribution in [2.45, 2.75) is 32.7 Å². The standard InChI is InChI=1S/C19H18ClN3O4/c1-2-3-4-15-22-18(20)14(10-24)23(15)9-12-5-7-13(8-6-12)17-16(19(25)26)21-11-27-17/h5-8,10-11H,2-4,9H2,1H3,(H,25,26). The number of aldehydes is 1. The van der Waals surface area contributed by atoms with E-state index in [4.69, 9.17) is 21.1 Å². The molecule has 140 valence electrons. The predicted molar refractivity (Wildman–Crippen MR) is 99.2 cm³/mol. The molecule has 27 heavy (non-hydrogen) atoms. The van der Waals surface area contributed by atoms with Crippen LogP contribution in [0, 0.1) is 0 Å². The first-order valence-electron chi connectivity index (χ1n) is 8.51. The molecule has 0 aliphatic heterocycles. The molecule has 0 aliphatic carbocycles. The van der Waals surface area contributed by atoms with Crippen molar-refractivity contribution in [1.82, 2.24) is 14.5 Å². The molecule has 0 saturated heterocycles. The van der Waals surface area contributed by atoms with Gasteiger partial charge < -0.3 is 14.1 Å². The van der Waals surface area contributed by atoms with Crippen LogP contribution in [0.25, 0.3) is 11.3 Å². The van der Waals surface area contributed by atoms with Crippen LogP contribution in [-0.2, 0) is 13.0 Å². The number of carboxylic acid groups (broad SMARTS) is 1. The van der Waals surface area contributed by atoms with E-state index in [1.807, 2.05) is 16.7 Å².